The van der Waals surface area contributed by atoms with E-state index in [0.29, 0.717) is 19.7 Å². The van der Waals surface area contributed by atoms with Gasteiger partial charge in [-0.05, 0) is 48.9 Å². The number of amides is 2. The first kappa shape index (κ1) is 19.5. The van der Waals surface area contributed by atoms with E-state index in [1.165, 1.54) is 0 Å². The molecule has 2 aromatic rings. The summed E-state index contributed by atoms with van der Waals surface area (Å²) in [6.45, 7) is 3.77. The maximum absolute atomic E-state index is 12.1. The standard InChI is InChI=1S/C19H23ClN2O2S/c1-3-24-17-8-4-15(5-9-17)14-22(2)19(23)21-12-13-25-18-10-6-16(20)7-11-18/h4-11H,3,12-14H2,1-2H3,(H,21,23). The Morgan fingerprint density at radius 2 is 1.84 bits per heavy atom. The number of thioether (sulfide) groups is 1. The lowest BCUT2D eigenvalue weighted by molar-refractivity contribution is 0.207. The van der Waals surface area contributed by atoms with Gasteiger partial charge in [0.25, 0.3) is 0 Å². The second-order valence-corrected chi connectivity index (χ2v) is 7.07. The number of hydrogen-bond donors (Lipinski definition) is 1. The molecule has 2 rings (SSSR count). The van der Waals surface area contributed by atoms with Crippen molar-refractivity contribution >= 4 is 29.4 Å². The van der Waals surface area contributed by atoms with Crippen LogP contribution in [-0.4, -0.2) is 36.9 Å². The number of carbonyl (C=O) groups excluding carboxylic acids is 1. The third-order valence-electron chi connectivity index (χ3n) is 3.46. The molecule has 0 saturated heterocycles. The highest BCUT2D eigenvalue weighted by atomic mass is 35.5. The molecule has 0 aliphatic rings. The van der Waals surface area contributed by atoms with E-state index in [1.54, 1.807) is 23.7 Å². The minimum Gasteiger partial charge on any atom is -0.494 e. The maximum atomic E-state index is 12.1. The van der Waals surface area contributed by atoms with E-state index in [-0.39, 0.29) is 6.03 Å². The molecule has 0 spiro atoms. The fourth-order valence-electron chi connectivity index (χ4n) is 2.20. The SMILES string of the molecule is CCOc1ccc(CN(C)C(=O)NCCSc2ccc(Cl)cc2)cc1. The van der Waals surface area contributed by atoms with Crippen LogP contribution in [-0.2, 0) is 6.54 Å². The second kappa shape index (κ2) is 10.2. The van der Waals surface area contributed by atoms with Crippen LogP contribution in [0.4, 0.5) is 4.79 Å². The smallest absolute Gasteiger partial charge is 0.317 e. The molecule has 0 atom stereocenters. The molecule has 4 nitrogen and oxygen atoms in total. The first-order valence-electron chi connectivity index (χ1n) is 8.17. The summed E-state index contributed by atoms with van der Waals surface area (Å²) < 4.78 is 5.42. The highest BCUT2D eigenvalue weighted by Gasteiger charge is 2.08. The first-order valence-corrected chi connectivity index (χ1v) is 9.54. The summed E-state index contributed by atoms with van der Waals surface area (Å²) in [4.78, 5) is 14.9. The molecule has 0 aromatic heterocycles. The molecule has 0 fully saturated rings. The van der Waals surface area contributed by atoms with Crippen LogP contribution < -0.4 is 10.1 Å². The lowest BCUT2D eigenvalue weighted by Crippen LogP contribution is -2.37. The average Bonchev–Trinajstić information content (AvgIpc) is 2.62. The van der Waals surface area contributed by atoms with Gasteiger partial charge in [0.1, 0.15) is 5.75 Å². The molecule has 6 heteroatoms. The zero-order valence-corrected chi connectivity index (χ0v) is 16.1. The number of ether oxygens (including phenoxy) is 1. The third kappa shape index (κ3) is 6.88. The van der Waals surface area contributed by atoms with Crippen LogP contribution in [0, 0.1) is 0 Å². The highest BCUT2D eigenvalue weighted by Crippen LogP contribution is 2.19. The number of nitrogens with one attached hydrogen (secondary N) is 1. The van der Waals surface area contributed by atoms with Gasteiger partial charge >= 0.3 is 6.03 Å². The van der Waals surface area contributed by atoms with E-state index < -0.39 is 0 Å². The van der Waals surface area contributed by atoms with Crippen LogP contribution in [0.15, 0.2) is 53.4 Å². The van der Waals surface area contributed by atoms with Crippen molar-refractivity contribution in [3.63, 3.8) is 0 Å². The Morgan fingerprint density at radius 3 is 2.48 bits per heavy atom. The normalized spacial score (nSPS) is 10.4. The van der Waals surface area contributed by atoms with Gasteiger partial charge in [-0.3, -0.25) is 0 Å². The van der Waals surface area contributed by atoms with Crippen molar-refractivity contribution in [1.29, 1.82) is 0 Å². The maximum Gasteiger partial charge on any atom is 0.317 e. The highest BCUT2D eigenvalue weighted by molar-refractivity contribution is 7.99. The zero-order chi connectivity index (χ0) is 18.1. The molecule has 25 heavy (non-hydrogen) atoms. The van der Waals surface area contributed by atoms with Crippen molar-refractivity contribution in [3.8, 4) is 5.75 Å². The Bertz CT molecular complexity index is 662. The van der Waals surface area contributed by atoms with E-state index in [0.717, 1.165) is 27.0 Å². The van der Waals surface area contributed by atoms with Gasteiger partial charge in [0, 0.05) is 35.8 Å². The van der Waals surface area contributed by atoms with E-state index in [2.05, 4.69) is 5.32 Å². The number of nitrogens with zero attached hydrogens (tertiary/aromatic N) is 1. The van der Waals surface area contributed by atoms with Crippen molar-refractivity contribution in [2.45, 2.75) is 18.4 Å². The van der Waals surface area contributed by atoms with Crippen LogP contribution >= 0.6 is 23.4 Å². The van der Waals surface area contributed by atoms with Gasteiger partial charge in [-0.2, -0.15) is 0 Å². The molecule has 2 aromatic carbocycles. The fourth-order valence-corrected chi connectivity index (χ4v) is 3.09. The molecular formula is C19H23ClN2O2S. The van der Waals surface area contributed by atoms with Crippen LogP contribution in [0.1, 0.15) is 12.5 Å². The van der Waals surface area contributed by atoms with E-state index in [9.17, 15) is 4.79 Å². The van der Waals surface area contributed by atoms with E-state index >= 15 is 0 Å². The van der Waals surface area contributed by atoms with Crippen LogP contribution in [0.2, 0.25) is 5.02 Å². The summed E-state index contributed by atoms with van der Waals surface area (Å²) in [5.41, 5.74) is 1.07. The summed E-state index contributed by atoms with van der Waals surface area (Å²) >= 11 is 7.55. The Morgan fingerprint density at radius 1 is 1.16 bits per heavy atom. The summed E-state index contributed by atoms with van der Waals surface area (Å²) in [7, 11) is 1.79. The Kier molecular flexibility index (Phi) is 7.95. The predicted octanol–water partition coefficient (Wildman–Crippen LogP) is 4.67. The van der Waals surface area contributed by atoms with E-state index in [4.69, 9.17) is 16.3 Å². The van der Waals surface area contributed by atoms with Crippen molar-refractivity contribution in [3.05, 3.63) is 59.1 Å². The molecule has 0 heterocycles. The topological polar surface area (TPSA) is 41.6 Å². The van der Waals surface area contributed by atoms with Gasteiger partial charge in [0.2, 0.25) is 0 Å². The predicted molar refractivity (Wildman–Crippen MR) is 105 cm³/mol. The number of hydrogen-bond acceptors (Lipinski definition) is 3. The molecule has 2 amide bonds. The lowest BCUT2D eigenvalue weighted by Gasteiger charge is -2.18. The molecule has 1 N–H and O–H groups in total. The monoisotopic (exact) mass is 378 g/mol. The quantitative estimate of drug-likeness (QED) is 0.536. The van der Waals surface area contributed by atoms with Gasteiger partial charge in [-0.15, -0.1) is 11.8 Å². The minimum atomic E-state index is -0.0782. The molecule has 0 bridgehead atoms. The molecule has 0 aliphatic heterocycles. The van der Waals surface area contributed by atoms with Crippen LogP contribution in [0.3, 0.4) is 0 Å². The van der Waals surface area contributed by atoms with Crippen molar-refractivity contribution in [1.82, 2.24) is 10.2 Å². The van der Waals surface area contributed by atoms with Gasteiger partial charge in [-0.25, -0.2) is 4.79 Å². The third-order valence-corrected chi connectivity index (χ3v) is 4.73. The van der Waals surface area contributed by atoms with Gasteiger partial charge in [0.15, 0.2) is 0 Å². The van der Waals surface area contributed by atoms with Gasteiger partial charge in [-0.1, -0.05) is 23.7 Å². The second-order valence-electron chi connectivity index (χ2n) is 5.47. The average molecular weight is 379 g/mol. The molecule has 0 aliphatic carbocycles. The summed E-state index contributed by atoms with van der Waals surface area (Å²) in [6, 6.07) is 15.4. The Balaban J connectivity index is 1.69. The Labute approximate surface area is 158 Å². The number of halogens is 1. The van der Waals surface area contributed by atoms with Crippen molar-refractivity contribution in [2.75, 3.05) is 26.0 Å². The Hall–Kier alpha value is -1.85. The fraction of sp³-hybridized carbons (Fsp3) is 0.316. The molecular weight excluding hydrogens is 356 g/mol. The summed E-state index contributed by atoms with van der Waals surface area (Å²) in [5.74, 6) is 1.65. The van der Waals surface area contributed by atoms with E-state index in [1.807, 2.05) is 55.5 Å². The largest absolute Gasteiger partial charge is 0.494 e. The van der Waals surface area contributed by atoms with Crippen LogP contribution in [0.5, 0.6) is 5.75 Å². The number of rotatable bonds is 8. The zero-order valence-electron chi connectivity index (χ0n) is 14.5. The number of urea groups is 1. The van der Waals surface area contributed by atoms with Gasteiger partial charge in [0.05, 0.1) is 6.61 Å². The first-order chi connectivity index (χ1) is 12.1. The van der Waals surface area contributed by atoms with Crippen molar-refractivity contribution in [2.24, 2.45) is 0 Å². The number of benzene rings is 2. The molecule has 134 valence electrons. The minimum absolute atomic E-state index is 0.0782. The summed E-state index contributed by atoms with van der Waals surface area (Å²) in [6.07, 6.45) is 0. The summed E-state index contributed by atoms with van der Waals surface area (Å²) in [5, 5.41) is 3.66. The lowest BCUT2D eigenvalue weighted by atomic mass is 10.2. The van der Waals surface area contributed by atoms with Gasteiger partial charge < -0.3 is 15.0 Å². The molecule has 0 unspecified atom stereocenters. The molecule has 0 saturated carbocycles. The molecule has 0 radical (unpaired) electrons. The van der Waals surface area contributed by atoms with Crippen molar-refractivity contribution < 1.29 is 9.53 Å². The van der Waals surface area contributed by atoms with Crippen LogP contribution in [0.25, 0.3) is 0 Å². The number of carbonyl (C=O) groups is 1.